The molecule has 0 aromatic heterocycles. The molecule has 0 saturated carbocycles. The predicted molar refractivity (Wildman–Crippen MR) is 273 cm³/mol. The second kappa shape index (κ2) is 22.3. The lowest BCUT2D eigenvalue weighted by Gasteiger charge is -2.31. The summed E-state index contributed by atoms with van der Waals surface area (Å²) in [5, 5.41) is 0. The third-order valence-corrected chi connectivity index (χ3v) is 13.5. The molecule has 0 amide bonds. The molecule has 0 unspecified atom stereocenters. The highest BCUT2D eigenvalue weighted by atomic mass is 15.1. The molecule has 0 saturated heterocycles. The van der Waals surface area contributed by atoms with Gasteiger partial charge in [-0.1, -0.05) is 167 Å². The highest BCUT2D eigenvalue weighted by molar-refractivity contribution is 5.81. The molecule has 6 rings (SSSR count). The van der Waals surface area contributed by atoms with Gasteiger partial charge in [0.1, 0.15) is 0 Å². The fourth-order valence-electron chi connectivity index (χ4n) is 9.95. The van der Waals surface area contributed by atoms with Crippen LogP contribution in [0.3, 0.4) is 0 Å². The first-order chi connectivity index (χ1) is 30.2. The van der Waals surface area contributed by atoms with E-state index in [9.17, 15) is 0 Å². The summed E-state index contributed by atoms with van der Waals surface area (Å²) >= 11 is 0. The van der Waals surface area contributed by atoms with Gasteiger partial charge in [0.05, 0.1) is 0 Å². The number of anilines is 6. The van der Waals surface area contributed by atoms with E-state index in [0.29, 0.717) is 0 Å². The Morgan fingerprint density at radius 3 is 0.790 bits per heavy atom. The molecule has 0 aliphatic rings. The third kappa shape index (κ3) is 11.3. The fourth-order valence-corrected chi connectivity index (χ4v) is 9.95. The number of unbranched alkanes of at least 4 members (excludes halogenated alkanes) is 2. The third-order valence-electron chi connectivity index (χ3n) is 13.5. The van der Waals surface area contributed by atoms with Crippen LogP contribution in [0.2, 0.25) is 0 Å². The maximum absolute atomic E-state index is 2.45. The van der Waals surface area contributed by atoms with Crippen LogP contribution >= 0.6 is 0 Å². The Kier molecular flexibility index (Phi) is 16.7. The summed E-state index contributed by atoms with van der Waals surface area (Å²) in [6.07, 6.45) is 16.7. The van der Waals surface area contributed by atoms with E-state index in [0.717, 1.165) is 24.2 Å². The number of nitrogens with zero attached hydrogens (tertiary/aromatic N) is 2. The molecule has 0 bridgehead atoms. The van der Waals surface area contributed by atoms with Gasteiger partial charge in [0.15, 0.2) is 0 Å². The summed E-state index contributed by atoms with van der Waals surface area (Å²) in [4.78, 5) is 4.84. The molecule has 0 atom stereocenters. The van der Waals surface area contributed by atoms with Gasteiger partial charge in [-0.15, -0.1) is 0 Å². The van der Waals surface area contributed by atoms with Crippen molar-refractivity contribution in [1.82, 2.24) is 0 Å². The van der Waals surface area contributed by atoms with Gasteiger partial charge in [-0.2, -0.15) is 0 Å². The van der Waals surface area contributed by atoms with E-state index in [4.69, 9.17) is 0 Å². The highest BCUT2D eigenvalue weighted by Gasteiger charge is 2.26. The number of rotatable bonds is 23. The normalized spacial score (nSPS) is 11.8. The Bertz CT molecular complexity index is 2020. The highest BCUT2D eigenvalue weighted by Crippen LogP contribution is 2.42. The monoisotopic (exact) mass is 825 g/mol. The van der Waals surface area contributed by atoms with Crippen molar-refractivity contribution in [3.63, 3.8) is 0 Å². The maximum Gasteiger partial charge on any atom is 0.0462 e. The van der Waals surface area contributed by atoms with Gasteiger partial charge in [-0.25, -0.2) is 0 Å². The number of hydrogen-bond donors (Lipinski definition) is 0. The van der Waals surface area contributed by atoms with Crippen LogP contribution in [0, 0.1) is 0 Å². The van der Waals surface area contributed by atoms with Gasteiger partial charge < -0.3 is 9.80 Å². The van der Waals surface area contributed by atoms with Gasteiger partial charge in [0, 0.05) is 34.1 Å². The molecule has 326 valence electrons. The maximum atomic E-state index is 2.45. The number of aryl methyl sites for hydroxylation is 2. The average molecular weight is 825 g/mol. The zero-order chi connectivity index (χ0) is 44.0. The molecule has 62 heavy (non-hydrogen) atoms. The van der Waals surface area contributed by atoms with Crippen molar-refractivity contribution < 1.29 is 0 Å². The molecule has 2 heteroatoms. The van der Waals surface area contributed by atoms with Crippen molar-refractivity contribution in [1.29, 1.82) is 0 Å². The van der Waals surface area contributed by atoms with E-state index in [1.807, 2.05) is 0 Å². The minimum absolute atomic E-state index is 0.205. The molecule has 0 aliphatic carbocycles. The van der Waals surface area contributed by atoms with Crippen LogP contribution in [0.4, 0.5) is 34.1 Å². The van der Waals surface area contributed by atoms with Crippen LogP contribution in [0.1, 0.15) is 155 Å². The van der Waals surface area contributed by atoms with Crippen LogP contribution in [0.15, 0.2) is 146 Å². The molecule has 2 nitrogen and oxygen atoms in total. The molecular formula is C60H76N2. The van der Waals surface area contributed by atoms with Crippen LogP contribution in [0.5, 0.6) is 0 Å². The molecule has 0 spiro atoms. The molecule has 6 aromatic rings. The molecule has 0 heterocycles. The van der Waals surface area contributed by atoms with E-state index in [-0.39, 0.29) is 10.8 Å². The Morgan fingerprint density at radius 1 is 0.306 bits per heavy atom. The summed E-state index contributed by atoms with van der Waals surface area (Å²) in [5.41, 5.74) is 15.6. The van der Waals surface area contributed by atoms with Gasteiger partial charge in [0.25, 0.3) is 0 Å². The van der Waals surface area contributed by atoms with E-state index >= 15 is 0 Å². The summed E-state index contributed by atoms with van der Waals surface area (Å²) in [6.45, 7) is 18.7. The molecule has 0 N–H and O–H groups in total. The van der Waals surface area contributed by atoms with Crippen molar-refractivity contribution in [2.45, 2.75) is 156 Å². The largest absolute Gasteiger partial charge is 0.311 e. The van der Waals surface area contributed by atoms with Crippen LogP contribution in [-0.4, -0.2) is 0 Å². The SMILES string of the molecule is CCCCc1ccc(N(c2ccc(-c3ccc(N(c4ccc(CCCC)cc4)c4ccc(C(C)(CCC)CCC)cc4)cc3)cc2)c2ccc(C(C)(CCC)CCC)cc2)cc1. The van der Waals surface area contributed by atoms with Gasteiger partial charge in [-0.3, -0.25) is 0 Å². The smallest absolute Gasteiger partial charge is 0.0462 e. The fraction of sp³-hybridized carbons (Fsp3) is 0.400. The zero-order valence-electron chi connectivity index (χ0n) is 39.7. The summed E-state index contributed by atoms with van der Waals surface area (Å²) in [7, 11) is 0. The first-order valence-electron chi connectivity index (χ1n) is 24.4. The second-order valence-corrected chi connectivity index (χ2v) is 18.5. The first kappa shape index (κ1) is 46.4. The van der Waals surface area contributed by atoms with Crippen molar-refractivity contribution in [3.8, 4) is 11.1 Å². The van der Waals surface area contributed by atoms with Crippen LogP contribution in [0.25, 0.3) is 11.1 Å². The summed E-state index contributed by atoms with van der Waals surface area (Å²) in [5.74, 6) is 0. The predicted octanol–water partition coefficient (Wildman–Crippen LogP) is 18.7. The Morgan fingerprint density at radius 2 is 0.548 bits per heavy atom. The molecule has 6 aromatic carbocycles. The van der Waals surface area contributed by atoms with Gasteiger partial charge >= 0.3 is 0 Å². The van der Waals surface area contributed by atoms with Crippen molar-refractivity contribution in [2.75, 3.05) is 9.80 Å². The summed E-state index contributed by atoms with van der Waals surface area (Å²) in [6, 6.07) is 55.7. The van der Waals surface area contributed by atoms with Crippen molar-refractivity contribution >= 4 is 34.1 Å². The molecular weight excluding hydrogens is 749 g/mol. The molecule has 0 aliphatic heterocycles. The average Bonchev–Trinajstić information content (AvgIpc) is 3.30. The Labute approximate surface area is 377 Å². The lowest BCUT2D eigenvalue weighted by molar-refractivity contribution is 0.392. The second-order valence-electron chi connectivity index (χ2n) is 18.5. The molecule has 0 radical (unpaired) electrons. The van der Waals surface area contributed by atoms with E-state index in [1.54, 1.807) is 0 Å². The van der Waals surface area contributed by atoms with Crippen molar-refractivity contribution in [2.24, 2.45) is 0 Å². The molecule has 0 fully saturated rings. The summed E-state index contributed by atoms with van der Waals surface area (Å²) < 4.78 is 0. The topological polar surface area (TPSA) is 6.48 Å². The van der Waals surface area contributed by atoms with Gasteiger partial charge in [0.2, 0.25) is 0 Å². The van der Waals surface area contributed by atoms with E-state index in [2.05, 4.69) is 211 Å². The standard InChI is InChI=1S/C60H76N2/c1-9-15-17-47-19-31-53(32-20-47)61(57-39-27-51(28-40-57)59(7,43-11-3)44-12-4)55-35-23-49(24-36-55)50-25-37-56(38-26-50)62(54-33-21-48(22-34-54)18-16-10-2)58-41-29-52(30-42-58)60(8,45-13-5)46-14-6/h19-42H,9-18,43-46H2,1-8H3. The Hall–Kier alpha value is -5.08. The minimum atomic E-state index is 0.205. The first-order valence-corrected chi connectivity index (χ1v) is 24.4. The number of hydrogen-bond acceptors (Lipinski definition) is 2. The van der Waals surface area contributed by atoms with Crippen molar-refractivity contribution in [3.05, 3.63) is 168 Å². The van der Waals surface area contributed by atoms with E-state index in [1.165, 1.54) is 133 Å². The zero-order valence-corrected chi connectivity index (χ0v) is 39.7. The lowest BCUT2D eigenvalue weighted by atomic mass is 9.75. The van der Waals surface area contributed by atoms with Gasteiger partial charge in [-0.05, 0) is 168 Å². The lowest BCUT2D eigenvalue weighted by Crippen LogP contribution is -2.21. The quantitative estimate of drug-likeness (QED) is 0.0635. The van der Waals surface area contributed by atoms with Crippen LogP contribution < -0.4 is 9.80 Å². The minimum Gasteiger partial charge on any atom is -0.311 e. The van der Waals surface area contributed by atoms with Crippen LogP contribution in [-0.2, 0) is 23.7 Å². The number of benzene rings is 6. The Balaban J connectivity index is 1.31. The van der Waals surface area contributed by atoms with E-state index < -0.39 is 0 Å².